The SMILES string of the molecule is CCc1[nH]c(=O)cc2c1[nH]c1c(C)cccc12. The van der Waals surface area contributed by atoms with Crippen molar-refractivity contribution in [2.45, 2.75) is 20.3 Å². The van der Waals surface area contributed by atoms with Crippen molar-refractivity contribution in [2.75, 3.05) is 0 Å². The molecule has 86 valence electrons. The number of aryl methyl sites for hydroxylation is 2. The summed E-state index contributed by atoms with van der Waals surface area (Å²) < 4.78 is 0. The van der Waals surface area contributed by atoms with Gasteiger partial charge in [0.1, 0.15) is 0 Å². The molecule has 3 aromatic rings. The van der Waals surface area contributed by atoms with Gasteiger partial charge in [-0.2, -0.15) is 0 Å². The van der Waals surface area contributed by atoms with Crippen molar-refractivity contribution in [3.05, 3.63) is 45.9 Å². The van der Waals surface area contributed by atoms with E-state index in [-0.39, 0.29) is 5.56 Å². The summed E-state index contributed by atoms with van der Waals surface area (Å²) >= 11 is 0. The Hall–Kier alpha value is -2.03. The van der Waals surface area contributed by atoms with Gasteiger partial charge in [-0.25, -0.2) is 0 Å². The zero-order valence-electron chi connectivity index (χ0n) is 9.92. The standard InChI is InChI=1S/C14H14N2O/c1-3-11-14-10(7-12(17)15-11)9-6-4-5-8(2)13(9)16-14/h4-7,16H,3H2,1-2H3,(H,15,17). The molecule has 2 heterocycles. The van der Waals surface area contributed by atoms with E-state index in [4.69, 9.17) is 0 Å². The van der Waals surface area contributed by atoms with E-state index in [2.05, 4.69) is 29.0 Å². The first kappa shape index (κ1) is 10.1. The van der Waals surface area contributed by atoms with Crippen LogP contribution in [-0.2, 0) is 6.42 Å². The van der Waals surface area contributed by atoms with Crippen LogP contribution < -0.4 is 5.56 Å². The molecule has 0 fully saturated rings. The van der Waals surface area contributed by atoms with Crippen molar-refractivity contribution in [1.82, 2.24) is 9.97 Å². The molecule has 1 aromatic carbocycles. The number of aromatic nitrogens is 2. The second kappa shape index (κ2) is 3.48. The molecule has 0 spiro atoms. The van der Waals surface area contributed by atoms with Gasteiger partial charge >= 0.3 is 0 Å². The van der Waals surface area contributed by atoms with Crippen LogP contribution in [0.15, 0.2) is 29.1 Å². The summed E-state index contributed by atoms with van der Waals surface area (Å²) in [5.74, 6) is 0. The van der Waals surface area contributed by atoms with Crippen LogP contribution in [0.25, 0.3) is 21.8 Å². The predicted octanol–water partition coefficient (Wildman–Crippen LogP) is 2.88. The van der Waals surface area contributed by atoms with Crippen molar-refractivity contribution >= 4 is 21.8 Å². The van der Waals surface area contributed by atoms with Gasteiger partial charge in [0.15, 0.2) is 0 Å². The topological polar surface area (TPSA) is 48.6 Å². The summed E-state index contributed by atoms with van der Waals surface area (Å²) in [5, 5.41) is 2.14. The van der Waals surface area contributed by atoms with E-state index in [0.717, 1.165) is 33.9 Å². The van der Waals surface area contributed by atoms with Gasteiger partial charge in [0, 0.05) is 28.0 Å². The molecule has 0 amide bonds. The smallest absolute Gasteiger partial charge is 0.248 e. The van der Waals surface area contributed by atoms with Gasteiger partial charge in [-0.05, 0) is 18.9 Å². The molecule has 0 aliphatic rings. The lowest BCUT2D eigenvalue weighted by atomic mass is 10.1. The van der Waals surface area contributed by atoms with Crippen LogP contribution in [0, 0.1) is 6.92 Å². The lowest BCUT2D eigenvalue weighted by Gasteiger charge is -1.98. The van der Waals surface area contributed by atoms with Crippen molar-refractivity contribution in [3.63, 3.8) is 0 Å². The van der Waals surface area contributed by atoms with Gasteiger partial charge in [-0.15, -0.1) is 0 Å². The molecule has 0 saturated heterocycles. The fourth-order valence-electron chi connectivity index (χ4n) is 2.42. The van der Waals surface area contributed by atoms with Crippen LogP contribution in [0.2, 0.25) is 0 Å². The number of rotatable bonds is 1. The fraction of sp³-hybridized carbons (Fsp3) is 0.214. The number of pyridine rings is 1. The molecule has 2 N–H and O–H groups in total. The molecule has 0 unspecified atom stereocenters. The average Bonchev–Trinajstić information content (AvgIpc) is 2.68. The summed E-state index contributed by atoms with van der Waals surface area (Å²) in [4.78, 5) is 17.9. The minimum absolute atomic E-state index is 0.0308. The average molecular weight is 226 g/mol. The lowest BCUT2D eigenvalue weighted by Crippen LogP contribution is -2.06. The van der Waals surface area contributed by atoms with Crippen LogP contribution in [-0.4, -0.2) is 9.97 Å². The molecule has 2 aromatic heterocycles. The highest BCUT2D eigenvalue weighted by Gasteiger charge is 2.09. The molecule has 0 aliphatic carbocycles. The molecule has 0 atom stereocenters. The number of hydrogen-bond acceptors (Lipinski definition) is 1. The highest BCUT2D eigenvalue weighted by atomic mass is 16.1. The summed E-state index contributed by atoms with van der Waals surface area (Å²) in [6, 6.07) is 7.83. The van der Waals surface area contributed by atoms with E-state index >= 15 is 0 Å². The van der Waals surface area contributed by atoms with E-state index in [1.54, 1.807) is 6.07 Å². The first-order valence-corrected chi connectivity index (χ1v) is 5.84. The summed E-state index contributed by atoms with van der Waals surface area (Å²) in [7, 11) is 0. The largest absolute Gasteiger partial charge is 0.353 e. The minimum atomic E-state index is -0.0308. The van der Waals surface area contributed by atoms with Crippen molar-refractivity contribution < 1.29 is 0 Å². The number of para-hydroxylation sites is 1. The summed E-state index contributed by atoms with van der Waals surface area (Å²) in [5.41, 5.74) is 4.32. The monoisotopic (exact) mass is 226 g/mol. The summed E-state index contributed by atoms with van der Waals surface area (Å²) in [6.45, 7) is 4.12. The number of H-pyrrole nitrogens is 2. The Morgan fingerprint density at radius 2 is 1.94 bits per heavy atom. The highest BCUT2D eigenvalue weighted by molar-refractivity contribution is 6.08. The van der Waals surface area contributed by atoms with E-state index in [1.807, 2.05) is 13.0 Å². The second-order valence-corrected chi connectivity index (χ2v) is 4.38. The maximum atomic E-state index is 11.6. The molecule has 0 saturated carbocycles. The third kappa shape index (κ3) is 1.39. The number of hydrogen-bond donors (Lipinski definition) is 2. The Balaban J connectivity index is 2.60. The molecule has 3 heteroatoms. The quantitative estimate of drug-likeness (QED) is 0.658. The third-order valence-corrected chi connectivity index (χ3v) is 3.29. The van der Waals surface area contributed by atoms with Crippen LogP contribution in [0.3, 0.4) is 0 Å². The maximum absolute atomic E-state index is 11.6. The molecule has 0 radical (unpaired) electrons. The summed E-state index contributed by atoms with van der Waals surface area (Å²) in [6.07, 6.45) is 0.818. The van der Waals surface area contributed by atoms with Gasteiger partial charge in [-0.3, -0.25) is 4.79 Å². The zero-order chi connectivity index (χ0) is 12.0. The van der Waals surface area contributed by atoms with Crippen molar-refractivity contribution in [1.29, 1.82) is 0 Å². The Morgan fingerprint density at radius 1 is 1.12 bits per heavy atom. The van der Waals surface area contributed by atoms with E-state index in [0.29, 0.717) is 0 Å². The highest BCUT2D eigenvalue weighted by Crippen LogP contribution is 2.27. The zero-order valence-corrected chi connectivity index (χ0v) is 9.92. The molecular weight excluding hydrogens is 212 g/mol. The Morgan fingerprint density at radius 3 is 2.71 bits per heavy atom. The predicted molar refractivity (Wildman–Crippen MR) is 70.5 cm³/mol. The molecule has 3 rings (SSSR count). The molecule has 17 heavy (non-hydrogen) atoms. The second-order valence-electron chi connectivity index (χ2n) is 4.38. The lowest BCUT2D eigenvalue weighted by molar-refractivity contribution is 1.03. The van der Waals surface area contributed by atoms with Crippen LogP contribution in [0.1, 0.15) is 18.2 Å². The maximum Gasteiger partial charge on any atom is 0.248 e. The van der Waals surface area contributed by atoms with Crippen LogP contribution in [0.4, 0.5) is 0 Å². The number of benzene rings is 1. The van der Waals surface area contributed by atoms with Gasteiger partial charge in [-0.1, -0.05) is 25.1 Å². The molecule has 0 bridgehead atoms. The van der Waals surface area contributed by atoms with Crippen molar-refractivity contribution in [3.8, 4) is 0 Å². The van der Waals surface area contributed by atoms with Gasteiger partial charge in [0.05, 0.1) is 5.52 Å². The first-order chi connectivity index (χ1) is 8.20. The van der Waals surface area contributed by atoms with Gasteiger partial charge < -0.3 is 9.97 Å². The molecule has 3 nitrogen and oxygen atoms in total. The molecular formula is C14H14N2O. The fourth-order valence-corrected chi connectivity index (χ4v) is 2.42. The number of fused-ring (bicyclic) bond motifs is 3. The van der Waals surface area contributed by atoms with E-state index in [1.165, 1.54) is 5.56 Å². The van der Waals surface area contributed by atoms with Gasteiger partial charge in [0.2, 0.25) is 5.56 Å². The Kier molecular flexibility index (Phi) is 2.08. The normalized spacial score (nSPS) is 11.4. The van der Waals surface area contributed by atoms with E-state index < -0.39 is 0 Å². The Bertz CT molecular complexity index is 765. The Labute approximate surface area is 98.5 Å². The first-order valence-electron chi connectivity index (χ1n) is 5.84. The van der Waals surface area contributed by atoms with Crippen LogP contribution in [0.5, 0.6) is 0 Å². The molecule has 0 aliphatic heterocycles. The van der Waals surface area contributed by atoms with Crippen LogP contribution >= 0.6 is 0 Å². The van der Waals surface area contributed by atoms with Crippen molar-refractivity contribution in [2.24, 2.45) is 0 Å². The van der Waals surface area contributed by atoms with E-state index in [9.17, 15) is 4.79 Å². The van der Waals surface area contributed by atoms with Gasteiger partial charge in [0.25, 0.3) is 0 Å². The minimum Gasteiger partial charge on any atom is -0.353 e. The third-order valence-electron chi connectivity index (χ3n) is 3.29. The number of nitrogens with one attached hydrogen (secondary N) is 2. The number of aromatic amines is 2.